The fourth-order valence-electron chi connectivity index (χ4n) is 1.48. The zero-order valence-electron chi connectivity index (χ0n) is 10.7. The monoisotopic (exact) mass is 307 g/mol. The van der Waals surface area contributed by atoms with E-state index in [4.69, 9.17) is 32.7 Å². The van der Waals surface area contributed by atoms with Gasteiger partial charge in [0.05, 0.1) is 6.04 Å². The molecule has 0 aliphatic heterocycles. The van der Waals surface area contributed by atoms with Gasteiger partial charge in [0, 0.05) is 19.9 Å². The third-order valence-corrected chi connectivity index (χ3v) is 2.64. The van der Waals surface area contributed by atoms with Crippen molar-refractivity contribution in [3.63, 3.8) is 0 Å². The van der Waals surface area contributed by atoms with Crippen LogP contribution in [-0.4, -0.2) is 37.6 Å². The van der Waals surface area contributed by atoms with Crippen LogP contribution in [0.2, 0.25) is 10.3 Å². The minimum atomic E-state index is -0.532. The molecular formula is C11H15Cl2N3O3. The summed E-state index contributed by atoms with van der Waals surface area (Å²) in [6.45, 7) is 1.75. The Kier molecular flexibility index (Phi) is 6.30. The number of hydrogen-bond acceptors (Lipinski definition) is 4. The molecule has 0 saturated carbocycles. The van der Waals surface area contributed by atoms with Gasteiger partial charge in [0.15, 0.2) is 6.29 Å². The molecular weight excluding hydrogens is 293 g/mol. The van der Waals surface area contributed by atoms with Crippen LogP contribution in [0.5, 0.6) is 0 Å². The first-order chi connectivity index (χ1) is 8.96. The number of pyridine rings is 1. The van der Waals surface area contributed by atoms with Crippen molar-refractivity contribution < 1.29 is 14.3 Å². The van der Waals surface area contributed by atoms with E-state index < -0.39 is 12.3 Å². The van der Waals surface area contributed by atoms with Crippen LogP contribution >= 0.6 is 23.2 Å². The summed E-state index contributed by atoms with van der Waals surface area (Å²) in [6.07, 6.45) is -0.532. The molecule has 1 aromatic rings. The van der Waals surface area contributed by atoms with Gasteiger partial charge < -0.3 is 20.1 Å². The second-order valence-corrected chi connectivity index (χ2v) is 4.50. The number of anilines is 1. The molecule has 1 heterocycles. The van der Waals surface area contributed by atoms with E-state index in [-0.39, 0.29) is 16.3 Å². The van der Waals surface area contributed by atoms with Crippen LogP contribution in [0.1, 0.15) is 6.92 Å². The summed E-state index contributed by atoms with van der Waals surface area (Å²) >= 11 is 11.5. The Morgan fingerprint density at radius 2 is 1.79 bits per heavy atom. The third kappa shape index (κ3) is 5.20. The molecule has 0 fully saturated rings. The Morgan fingerprint density at radius 1 is 1.26 bits per heavy atom. The van der Waals surface area contributed by atoms with Gasteiger partial charge >= 0.3 is 6.03 Å². The smallest absolute Gasteiger partial charge is 0.319 e. The Balaban J connectivity index is 2.60. The SMILES string of the molecule is COC(OC)C(C)NC(=O)Nc1cc(Cl)nc(Cl)c1. The highest BCUT2D eigenvalue weighted by molar-refractivity contribution is 6.32. The predicted octanol–water partition coefficient (Wildman–Crippen LogP) is 2.52. The predicted molar refractivity (Wildman–Crippen MR) is 73.7 cm³/mol. The number of nitrogens with zero attached hydrogens (tertiary/aromatic N) is 1. The molecule has 2 amide bonds. The van der Waals surface area contributed by atoms with Crippen molar-refractivity contribution in [2.75, 3.05) is 19.5 Å². The molecule has 1 aromatic heterocycles. The minimum Gasteiger partial charge on any atom is -0.354 e. The van der Waals surface area contributed by atoms with Crippen molar-refractivity contribution >= 4 is 34.9 Å². The zero-order chi connectivity index (χ0) is 14.4. The molecule has 0 bridgehead atoms. The molecule has 0 aliphatic rings. The molecule has 8 heteroatoms. The number of nitrogens with one attached hydrogen (secondary N) is 2. The van der Waals surface area contributed by atoms with Gasteiger partial charge in [0.1, 0.15) is 10.3 Å². The molecule has 2 N–H and O–H groups in total. The number of amides is 2. The van der Waals surface area contributed by atoms with Gasteiger partial charge in [-0.05, 0) is 19.1 Å². The number of rotatable bonds is 5. The molecule has 0 saturated heterocycles. The average Bonchev–Trinajstić information content (AvgIpc) is 2.28. The van der Waals surface area contributed by atoms with Gasteiger partial charge in [-0.25, -0.2) is 9.78 Å². The van der Waals surface area contributed by atoms with E-state index in [1.807, 2.05) is 0 Å². The van der Waals surface area contributed by atoms with Gasteiger partial charge in [-0.1, -0.05) is 23.2 Å². The molecule has 106 valence electrons. The highest BCUT2D eigenvalue weighted by Crippen LogP contribution is 2.18. The highest BCUT2D eigenvalue weighted by atomic mass is 35.5. The van der Waals surface area contributed by atoms with E-state index in [1.54, 1.807) is 6.92 Å². The second kappa shape index (κ2) is 7.49. The molecule has 6 nitrogen and oxygen atoms in total. The molecule has 0 aliphatic carbocycles. The Hall–Kier alpha value is -1.08. The number of carbonyl (C=O) groups excluding carboxylic acids is 1. The lowest BCUT2D eigenvalue weighted by Gasteiger charge is -2.22. The van der Waals surface area contributed by atoms with Crippen molar-refractivity contribution in [1.82, 2.24) is 10.3 Å². The number of ether oxygens (including phenoxy) is 2. The largest absolute Gasteiger partial charge is 0.354 e. The molecule has 1 rings (SSSR count). The van der Waals surface area contributed by atoms with Crippen LogP contribution in [0.3, 0.4) is 0 Å². The van der Waals surface area contributed by atoms with Crippen molar-refractivity contribution in [2.45, 2.75) is 19.3 Å². The lowest BCUT2D eigenvalue weighted by atomic mass is 10.3. The fraction of sp³-hybridized carbons (Fsp3) is 0.455. The van der Waals surface area contributed by atoms with E-state index in [0.29, 0.717) is 5.69 Å². The van der Waals surface area contributed by atoms with E-state index in [9.17, 15) is 4.79 Å². The first-order valence-electron chi connectivity index (χ1n) is 5.42. The van der Waals surface area contributed by atoms with E-state index in [1.165, 1.54) is 26.4 Å². The van der Waals surface area contributed by atoms with Crippen LogP contribution < -0.4 is 10.6 Å². The maximum absolute atomic E-state index is 11.7. The van der Waals surface area contributed by atoms with Crippen molar-refractivity contribution in [3.05, 3.63) is 22.4 Å². The third-order valence-electron chi connectivity index (χ3n) is 2.25. The Morgan fingerprint density at radius 3 is 2.26 bits per heavy atom. The van der Waals surface area contributed by atoms with Crippen LogP contribution in [0.15, 0.2) is 12.1 Å². The standard InChI is InChI=1S/C11H15Cl2N3O3/c1-6(10(18-2)19-3)14-11(17)15-7-4-8(12)16-9(13)5-7/h4-6,10H,1-3H3,(H2,14,15,16,17). The second-order valence-electron chi connectivity index (χ2n) is 3.73. The normalized spacial score (nSPS) is 12.3. The summed E-state index contributed by atoms with van der Waals surface area (Å²) in [5.41, 5.74) is 0.445. The van der Waals surface area contributed by atoms with E-state index >= 15 is 0 Å². The summed E-state index contributed by atoms with van der Waals surface area (Å²) in [7, 11) is 2.99. The number of carbonyl (C=O) groups is 1. The molecule has 0 spiro atoms. The average molecular weight is 308 g/mol. The topological polar surface area (TPSA) is 72.5 Å². The lowest BCUT2D eigenvalue weighted by molar-refractivity contribution is -0.117. The number of aromatic nitrogens is 1. The molecule has 1 atom stereocenters. The summed E-state index contributed by atoms with van der Waals surface area (Å²) in [4.78, 5) is 15.5. The van der Waals surface area contributed by atoms with E-state index in [2.05, 4.69) is 15.6 Å². The molecule has 1 unspecified atom stereocenters. The lowest BCUT2D eigenvalue weighted by Crippen LogP contribution is -2.44. The van der Waals surface area contributed by atoms with Crippen molar-refractivity contribution in [1.29, 1.82) is 0 Å². The van der Waals surface area contributed by atoms with Crippen LogP contribution in [0, 0.1) is 0 Å². The minimum absolute atomic E-state index is 0.197. The van der Waals surface area contributed by atoms with Gasteiger partial charge in [-0.3, -0.25) is 0 Å². The fourth-order valence-corrected chi connectivity index (χ4v) is 1.94. The number of urea groups is 1. The summed E-state index contributed by atoms with van der Waals surface area (Å²) < 4.78 is 10.1. The van der Waals surface area contributed by atoms with Crippen molar-refractivity contribution in [3.8, 4) is 0 Å². The molecule has 19 heavy (non-hydrogen) atoms. The van der Waals surface area contributed by atoms with Gasteiger partial charge in [-0.15, -0.1) is 0 Å². The molecule has 0 aromatic carbocycles. The van der Waals surface area contributed by atoms with Crippen LogP contribution in [-0.2, 0) is 9.47 Å². The zero-order valence-corrected chi connectivity index (χ0v) is 12.2. The first kappa shape index (κ1) is 16.0. The first-order valence-corrected chi connectivity index (χ1v) is 6.18. The number of methoxy groups -OCH3 is 2. The quantitative estimate of drug-likeness (QED) is 0.647. The molecule has 0 radical (unpaired) electrons. The van der Waals surface area contributed by atoms with Crippen molar-refractivity contribution in [2.24, 2.45) is 0 Å². The Bertz CT molecular complexity index is 421. The van der Waals surface area contributed by atoms with E-state index in [0.717, 1.165) is 0 Å². The van der Waals surface area contributed by atoms with Crippen LogP contribution in [0.4, 0.5) is 10.5 Å². The Labute approximate surface area is 121 Å². The number of hydrogen-bond donors (Lipinski definition) is 2. The van der Waals surface area contributed by atoms with Gasteiger partial charge in [-0.2, -0.15) is 0 Å². The highest BCUT2D eigenvalue weighted by Gasteiger charge is 2.18. The van der Waals surface area contributed by atoms with Gasteiger partial charge in [0.25, 0.3) is 0 Å². The number of halogens is 2. The summed E-state index contributed by atoms with van der Waals surface area (Å²) in [5.74, 6) is 0. The summed E-state index contributed by atoms with van der Waals surface area (Å²) in [5, 5.41) is 5.64. The van der Waals surface area contributed by atoms with Crippen LogP contribution in [0.25, 0.3) is 0 Å². The van der Waals surface area contributed by atoms with Gasteiger partial charge in [0.2, 0.25) is 0 Å². The maximum Gasteiger partial charge on any atom is 0.319 e. The maximum atomic E-state index is 11.7. The summed E-state index contributed by atoms with van der Waals surface area (Å²) in [6, 6.07) is 2.22.